The maximum atomic E-state index is 10.7. The molecule has 0 aliphatic heterocycles. The van der Waals surface area contributed by atoms with E-state index in [4.69, 9.17) is 20.3 Å². The van der Waals surface area contributed by atoms with E-state index in [0.29, 0.717) is 11.0 Å². The van der Waals surface area contributed by atoms with E-state index in [1.807, 2.05) is 42.5 Å². The highest BCUT2D eigenvalue weighted by molar-refractivity contribution is 6.48. The minimum absolute atomic E-state index is 0.0230. The smallest absolute Gasteiger partial charge is 0.330 e. The number of phenols is 3. The van der Waals surface area contributed by atoms with Gasteiger partial charge in [0.15, 0.2) is 0 Å². The molecule has 0 atom stereocenters. The molecular formula is C24H23B3NO5. The van der Waals surface area contributed by atoms with E-state index in [9.17, 15) is 20.4 Å². The molecule has 0 amide bonds. The van der Waals surface area contributed by atoms with Crippen LogP contribution in [0.25, 0.3) is 27.5 Å². The van der Waals surface area contributed by atoms with Crippen molar-refractivity contribution in [3.63, 3.8) is 0 Å². The number of nitrogens with zero attached hydrogens (tertiary/aromatic N) is 1. The van der Waals surface area contributed by atoms with Crippen LogP contribution in [-0.2, 0) is 4.65 Å². The molecule has 33 heavy (non-hydrogen) atoms. The monoisotopic (exact) mass is 438 g/mol. The molecule has 4 aromatic rings. The quantitative estimate of drug-likeness (QED) is 0.353. The van der Waals surface area contributed by atoms with Gasteiger partial charge in [0.25, 0.3) is 0 Å². The minimum Gasteiger partial charge on any atom is -0.509 e. The summed E-state index contributed by atoms with van der Waals surface area (Å²) < 4.78 is 7.54. The summed E-state index contributed by atoms with van der Waals surface area (Å²) in [5.41, 5.74) is -0.419. The average Bonchev–Trinajstić information content (AvgIpc) is 3.08. The normalized spacial score (nSPS) is 12.5. The van der Waals surface area contributed by atoms with Gasteiger partial charge < -0.3 is 29.6 Å². The SMILES string of the molecule is [B]c1c(O)c([B])c(O)c(-n2c3ccccc3c3cc([B]OC(C)(C)C(C)(C)O)ccc32)c1O. The number of benzene rings is 3. The molecule has 0 saturated carbocycles. The van der Waals surface area contributed by atoms with Gasteiger partial charge >= 0.3 is 7.48 Å². The first-order valence-corrected chi connectivity index (χ1v) is 10.4. The Hall–Kier alpha value is -3.03. The van der Waals surface area contributed by atoms with Crippen molar-refractivity contribution in [2.75, 3.05) is 0 Å². The van der Waals surface area contributed by atoms with Gasteiger partial charge in [-0.3, -0.25) is 0 Å². The van der Waals surface area contributed by atoms with Crippen LogP contribution in [-0.4, -0.2) is 59.4 Å². The number of para-hydroxylation sites is 1. The third-order valence-corrected chi connectivity index (χ3v) is 6.35. The van der Waals surface area contributed by atoms with Gasteiger partial charge in [0.1, 0.15) is 38.6 Å². The Morgan fingerprint density at radius 1 is 0.818 bits per heavy atom. The van der Waals surface area contributed by atoms with Crippen molar-refractivity contribution < 1.29 is 25.1 Å². The van der Waals surface area contributed by atoms with Crippen LogP contribution in [0.4, 0.5) is 0 Å². The lowest BCUT2D eigenvalue weighted by Gasteiger charge is -2.37. The van der Waals surface area contributed by atoms with E-state index in [-0.39, 0.29) is 16.6 Å². The fraction of sp³-hybridized carbons (Fsp3) is 0.250. The molecule has 0 unspecified atom stereocenters. The zero-order valence-electron chi connectivity index (χ0n) is 18.9. The molecule has 4 rings (SSSR count). The highest BCUT2D eigenvalue weighted by Gasteiger charge is 2.35. The molecule has 0 saturated heterocycles. The molecule has 0 aliphatic carbocycles. The van der Waals surface area contributed by atoms with Gasteiger partial charge in [0.2, 0.25) is 0 Å². The molecule has 1 heterocycles. The summed E-state index contributed by atoms with van der Waals surface area (Å²) in [6, 6.07) is 13.0. The summed E-state index contributed by atoms with van der Waals surface area (Å²) >= 11 is 0. The molecule has 3 aromatic carbocycles. The van der Waals surface area contributed by atoms with Crippen molar-refractivity contribution >= 4 is 61.4 Å². The topological polar surface area (TPSA) is 95.1 Å². The van der Waals surface area contributed by atoms with E-state index >= 15 is 0 Å². The Labute approximate surface area is 195 Å². The number of fused-ring (bicyclic) bond motifs is 3. The van der Waals surface area contributed by atoms with Crippen molar-refractivity contribution in [1.82, 2.24) is 4.57 Å². The Morgan fingerprint density at radius 2 is 1.39 bits per heavy atom. The van der Waals surface area contributed by atoms with Gasteiger partial charge in [-0.25, -0.2) is 0 Å². The van der Waals surface area contributed by atoms with Crippen LogP contribution in [0.1, 0.15) is 27.7 Å². The number of phenolic OH excluding ortho intramolecular Hbond substituents is 3. The van der Waals surface area contributed by atoms with Gasteiger partial charge in [-0.1, -0.05) is 35.8 Å². The third-order valence-electron chi connectivity index (χ3n) is 6.35. The summed E-state index contributed by atoms with van der Waals surface area (Å²) in [6.07, 6.45) is 0. The number of aromatic hydroxyl groups is 3. The molecule has 5 radical (unpaired) electrons. The fourth-order valence-corrected chi connectivity index (χ4v) is 3.61. The summed E-state index contributed by atoms with van der Waals surface area (Å²) in [5.74, 6) is -1.53. The van der Waals surface area contributed by atoms with Gasteiger partial charge in [0, 0.05) is 10.8 Å². The van der Waals surface area contributed by atoms with Crippen LogP contribution in [0.5, 0.6) is 17.2 Å². The standard InChI is InChI=1S/C24H23B3NO5/c1-23(2,32)24(3,4)33-27-12-9-10-16-14(11-12)13-7-5-6-8-15(13)28(16)19-21(30)17(25)20(29)18(26)22(19)31/h5-11,29-32H,1-4H3. The molecule has 163 valence electrons. The van der Waals surface area contributed by atoms with E-state index in [2.05, 4.69) is 0 Å². The van der Waals surface area contributed by atoms with Crippen molar-refractivity contribution in [2.24, 2.45) is 0 Å². The largest absolute Gasteiger partial charge is 0.509 e. The van der Waals surface area contributed by atoms with Gasteiger partial charge in [0.05, 0.1) is 22.2 Å². The second kappa shape index (κ2) is 7.78. The molecule has 0 fully saturated rings. The van der Waals surface area contributed by atoms with E-state index < -0.39 is 28.5 Å². The van der Waals surface area contributed by atoms with Crippen molar-refractivity contribution in [2.45, 2.75) is 38.9 Å². The molecule has 6 nitrogen and oxygen atoms in total. The first kappa shape index (κ1) is 23.1. The molecule has 1 aromatic heterocycles. The molecule has 0 aliphatic rings. The zero-order chi connectivity index (χ0) is 24.3. The Morgan fingerprint density at radius 3 is 2.00 bits per heavy atom. The van der Waals surface area contributed by atoms with Crippen LogP contribution >= 0.6 is 0 Å². The molecular weight excluding hydrogens is 415 g/mol. The van der Waals surface area contributed by atoms with Crippen molar-refractivity contribution in [3.8, 4) is 22.9 Å². The fourth-order valence-electron chi connectivity index (χ4n) is 3.61. The first-order chi connectivity index (χ1) is 15.3. The lowest BCUT2D eigenvalue weighted by Crippen LogP contribution is -2.49. The Kier molecular flexibility index (Phi) is 5.46. The van der Waals surface area contributed by atoms with Gasteiger partial charge in [-0.2, -0.15) is 0 Å². The first-order valence-electron chi connectivity index (χ1n) is 10.4. The Balaban J connectivity index is 1.92. The minimum atomic E-state index is -1.06. The lowest BCUT2D eigenvalue weighted by molar-refractivity contribution is -0.0893. The zero-order valence-corrected chi connectivity index (χ0v) is 18.9. The highest BCUT2D eigenvalue weighted by atomic mass is 16.5. The van der Waals surface area contributed by atoms with Crippen LogP contribution in [0.15, 0.2) is 42.5 Å². The van der Waals surface area contributed by atoms with E-state index in [1.165, 1.54) is 0 Å². The van der Waals surface area contributed by atoms with Crippen LogP contribution in [0.2, 0.25) is 0 Å². The third kappa shape index (κ3) is 3.65. The summed E-state index contributed by atoms with van der Waals surface area (Å²) in [4.78, 5) is 0. The highest BCUT2D eigenvalue weighted by Crippen LogP contribution is 2.38. The number of hydrogen-bond donors (Lipinski definition) is 4. The maximum absolute atomic E-state index is 10.7. The molecule has 0 spiro atoms. The number of aromatic nitrogens is 1. The van der Waals surface area contributed by atoms with Crippen molar-refractivity contribution in [3.05, 3.63) is 42.5 Å². The van der Waals surface area contributed by atoms with Crippen LogP contribution < -0.4 is 16.4 Å². The molecule has 0 bridgehead atoms. The number of hydrogen-bond acceptors (Lipinski definition) is 5. The molecule has 9 heteroatoms. The van der Waals surface area contributed by atoms with Gasteiger partial charge in [-0.15, -0.1) is 0 Å². The van der Waals surface area contributed by atoms with Gasteiger partial charge in [-0.05, 0) is 50.8 Å². The number of rotatable bonds is 5. The van der Waals surface area contributed by atoms with E-state index in [1.54, 1.807) is 39.7 Å². The van der Waals surface area contributed by atoms with Crippen LogP contribution in [0.3, 0.4) is 0 Å². The number of aliphatic hydroxyl groups is 1. The lowest BCUT2D eigenvalue weighted by atomic mass is 9.82. The van der Waals surface area contributed by atoms with E-state index in [0.717, 1.165) is 16.2 Å². The predicted octanol–water partition coefficient (Wildman–Crippen LogP) is 1.30. The Bertz CT molecular complexity index is 1360. The van der Waals surface area contributed by atoms with Crippen molar-refractivity contribution in [1.29, 1.82) is 0 Å². The summed E-state index contributed by atoms with van der Waals surface area (Å²) in [5, 5.41) is 43.5. The van der Waals surface area contributed by atoms with Crippen LogP contribution in [0, 0.1) is 0 Å². The maximum Gasteiger partial charge on any atom is 0.330 e. The second-order valence-corrected chi connectivity index (χ2v) is 9.16. The average molecular weight is 438 g/mol. The summed E-state index contributed by atoms with van der Waals surface area (Å²) in [6.45, 7) is 6.98. The molecule has 4 N–H and O–H groups in total. The second-order valence-electron chi connectivity index (χ2n) is 9.16. The predicted molar refractivity (Wildman–Crippen MR) is 133 cm³/mol. The summed E-state index contributed by atoms with van der Waals surface area (Å²) in [7, 11) is 13.3.